The Morgan fingerprint density at radius 1 is 1.33 bits per heavy atom. The maximum absolute atomic E-state index is 12.7. The zero-order valence-corrected chi connectivity index (χ0v) is 13.0. The van der Waals surface area contributed by atoms with Gasteiger partial charge in [0.2, 0.25) is 10.0 Å². The first-order valence-electron chi connectivity index (χ1n) is 6.52. The van der Waals surface area contributed by atoms with Crippen LogP contribution in [0.5, 0.6) is 0 Å². The summed E-state index contributed by atoms with van der Waals surface area (Å²) in [6.07, 6.45) is 3.76. The predicted molar refractivity (Wildman–Crippen MR) is 79.5 cm³/mol. The molecule has 1 aliphatic rings. The van der Waals surface area contributed by atoms with Crippen molar-refractivity contribution < 1.29 is 8.42 Å². The summed E-state index contributed by atoms with van der Waals surface area (Å²) in [7, 11) is -3.55. The van der Waals surface area contributed by atoms with Crippen molar-refractivity contribution in [3.05, 3.63) is 52.6 Å². The normalized spacial score (nSPS) is 15.7. The minimum atomic E-state index is -3.55. The van der Waals surface area contributed by atoms with E-state index in [9.17, 15) is 8.42 Å². The summed E-state index contributed by atoms with van der Waals surface area (Å²) in [5, 5.41) is 0.455. The van der Waals surface area contributed by atoms with Gasteiger partial charge in [0.15, 0.2) is 0 Å². The summed E-state index contributed by atoms with van der Waals surface area (Å²) >= 11 is 6.04. The highest BCUT2D eigenvalue weighted by Gasteiger charge is 2.29. The Balaban J connectivity index is 1.95. The highest BCUT2D eigenvalue weighted by molar-refractivity contribution is 7.89. The van der Waals surface area contributed by atoms with E-state index < -0.39 is 10.0 Å². The highest BCUT2D eigenvalue weighted by atomic mass is 35.5. The van der Waals surface area contributed by atoms with Gasteiger partial charge in [0.25, 0.3) is 0 Å². The lowest BCUT2D eigenvalue weighted by Gasteiger charge is -2.27. The molecule has 5 nitrogen and oxygen atoms in total. The minimum absolute atomic E-state index is 0.221. The summed E-state index contributed by atoms with van der Waals surface area (Å²) in [6.45, 7) is 2.55. The van der Waals surface area contributed by atoms with Crippen LogP contribution in [0, 0.1) is 6.92 Å². The SMILES string of the molecule is Cc1ccc(S(=O)(=O)N2CCc3ncncc3C2)cc1Cl. The van der Waals surface area contributed by atoms with Crippen LogP contribution in [0.2, 0.25) is 5.02 Å². The van der Waals surface area contributed by atoms with Crippen LogP contribution in [-0.2, 0) is 23.0 Å². The number of aromatic nitrogens is 2. The number of fused-ring (bicyclic) bond motifs is 1. The average Bonchev–Trinajstić information content (AvgIpc) is 2.49. The third kappa shape index (κ3) is 2.66. The van der Waals surface area contributed by atoms with Crippen LogP contribution >= 0.6 is 11.6 Å². The van der Waals surface area contributed by atoms with E-state index in [0.29, 0.717) is 24.5 Å². The van der Waals surface area contributed by atoms with E-state index in [1.807, 2.05) is 6.92 Å². The Hall–Kier alpha value is -1.50. The molecule has 3 rings (SSSR count). The van der Waals surface area contributed by atoms with Gasteiger partial charge in [0, 0.05) is 42.0 Å². The number of hydrogen-bond acceptors (Lipinski definition) is 4. The Labute approximate surface area is 128 Å². The van der Waals surface area contributed by atoms with Gasteiger partial charge >= 0.3 is 0 Å². The van der Waals surface area contributed by atoms with Crippen molar-refractivity contribution in [3.8, 4) is 0 Å². The molecule has 2 heterocycles. The van der Waals surface area contributed by atoms with E-state index in [2.05, 4.69) is 9.97 Å². The fourth-order valence-electron chi connectivity index (χ4n) is 2.33. The molecular formula is C14H14ClN3O2S. The molecule has 110 valence electrons. The molecule has 0 aliphatic carbocycles. The van der Waals surface area contributed by atoms with Crippen LogP contribution in [0.25, 0.3) is 0 Å². The molecule has 0 amide bonds. The third-order valence-corrected chi connectivity index (χ3v) is 5.86. The first-order chi connectivity index (χ1) is 9.98. The van der Waals surface area contributed by atoms with Gasteiger partial charge in [-0.3, -0.25) is 0 Å². The Kier molecular flexibility index (Phi) is 3.69. The molecule has 0 N–H and O–H groups in total. The molecule has 0 saturated carbocycles. The van der Waals surface area contributed by atoms with Crippen molar-refractivity contribution in [1.29, 1.82) is 0 Å². The van der Waals surface area contributed by atoms with Crippen LogP contribution in [-0.4, -0.2) is 29.2 Å². The van der Waals surface area contributed by atoms with Gasteiger partial charge in [0.1, 0.15) is 6.33 Å². The second-order valence-corrected chi connectivity index (χ2v) is 7.34. The van der Waals surface area contributed by atoms with E-state index in [1.54, 1.807) is 18.3 Å². The first-order valence-corrected chi connectivity index (χ1v) is 8.34. The summed E-state index contributed by atoms with van der Waals surface area (Å²) in [5.74, 6) is 0. The van der Waals surface area contributed by atoms with Gasteiger partial charge in [-0.25, -0.2) is 18.4 Å². The van der Waals surface area contributed by atoms with Gasteiger partial charge in [-0.2, -0.15) is 4.31 Å². The second kappa shape index (κ2) is 5.36. The first kappa shape index (κ1) is 14.4. The summed E-state index contributed by atoms with van der Waals surface area (Å²) in [6, 6.07) is 4.81. The number of nitrogens with zero attached hydrogens (tertiary/aromatic N) is 3. The minimum Gasteiger partial charge on any atom is -0.244 e. The molecule has 0 fully saturated rings. The van der Waals surface area contributed by atoms with E-state index in [1.165, 1.54) is 16.7 Å². The predicted octanol–water partition coefficient (Wildman–Crippen LogP) is 2.19. The number of benzene rings is 1. The van der Waals surface area contributed by atoms with Crippen LogP contribution in [0.1, 0.15) is 16.8 Å². The Morgan fingerprint density at radius 3 is 2.90 bits per heavy atom. The Morgan fingerprint density at radius 2 is 2.14 bits per heavy atom. The van der Waals surface area contributed by atoms with Crippen molar-refractivity contribution in [2.24, 2.45) is 0 Å². The largest absolute Gasteiger partial charge is 0.244 e. The number of halogens is 1. The summed E-state index contributed by atoms with van der Waals surface area (Å²) in [4.78, 5) is 8.36. The molecule has 0 saturated heterocycles. The number of hydrogen-bond donors (Lipinski definition) is 0. The van der Waals surface area contributed by atoms with Crippen molar-refractivity contribution in [2.45, 2.75) is 24.8 Å². The molecule has 0 spiro atoms. The third-order valence-electron chi connectivity index (χ3n) is 3.61. The van der Waals surface area contributed by atoms with Crippen LogP contribution in [0.4, 0.5) is 0 Å². The van der Waals surface area contributed by atoms with Crippen molar-refractivity contribution in [3.63, 3.8) is 0 Å². The quantitative estimate of drug-likeness (QED) is 0.850. The molecule has 0 unspecified atom stereocenters. The number of rotatable bonds is 2. The van der Waals surface area contributed by atoms with Gasteiger partial charge in [-0.05, 0) is 24.6 Å². The maximum atomic E-state index is 12.7. The van der Waals surface area contributed by atoms with E-state index in [4.69, 9.17) is 11.6 Å². The molecular weight excluding hydrogens is 310 g/mol. The maximum Gasteiger partial charge on any atom is 0.243 e. The molecule has 0 bridgehead atoms. The molecule has 1 aromatic heterocycles. The lowest BCUT2D eigenvalue weighted by molar-refractivity contribution is 0.387. The highest BCUT2D eigenvalue weighted by Crippen LogP contribution is 2.26. The fourth-order valence-corrected chi connectivity index (χ4v) is 4.02. The van der Waals surface area contributed by atoms with E-state index in [0.717, 1.165) is 16.8 Å². The van der Waals surface area contributed by atoms with Crippen LogP contribution in [0.15, 0.2) is 35.6 Å². The van der Waals surface area contributed by atoms with E-state index in [-0.39, 0.29) is 4.90 Å². The molecule has 0 atom stereocenters. The van der Waals surface area contributed by atoms with Crippen LogP contribution < -0.4 is 0 Å². The smallest absolute Gasteiger partial charge is 0.243 e. The van der Waals surface area contributed by atoms with Crippen LogP contribution in [0.3, 0.4) is 0 Å². The molecule has 7 heteroatoms. The molecule has 1 aromatic carbocycles. The number of sulfonamides is 1. The summed E-state index contributed by atoms with van der Waals surface area (Å²) in [5.41, 5.74) is 2.62. The standard InChI is InChI=1S/C14H14ClN3O2S/c1-10-2-3-12(6-13(10)15)21(19,20)18-5-4-14-11(8-18)7-16-9-17-14/h2-3,6-7,9H,4-5,8H2,1H3. The fraction of sp³-hybridized carbons (Fsp3) is 0.286. The molecule has 2 aromatic rings. The Bertz CT molecular complexity index is 793. The van der Waals surface area contributed by atoms with Gasteiger partial charge in [-0.1, -0.05) is 17.7 Å². The molecule has 1 aliphatic heterocycles. The number of aryl methyl sites for hydroxylation is 1. The van der Waals surface area contributed by atoms with Crippen molar-refractivity contribution in [2.75, 3.05) is 6.54 Å². The molecule has 0 radical (unpaired) electrons. The lowest BCUT2D eigenvalue weighted by Crippen LogP contribution is -2.36. The molecule has 21 heavy (non-hydrogen) atoms. The average molecular weight is 324 g/mol. The monoisotopic (exact) mass is 323 g/mol. The van der Waals surface area contributed by atoms with E-state index >= 15 is 0 Å². The lowest BCUT2D eigenvalue weighted by atomic mass is 10.1. The van der Waals surface area contributed by atoms with Gasteiger partial charge in [0.05, 0.1) is 4.90 Å². The zero-order chi connectivity index (χ0) is 15.0. The summed E-state index contributed by atoms with van der Waals surface area (Å²) < 4.78 is 26.8. The zero-order valence-electron chi connectivity index (χ0n) is 11.5. The van der Waals surface area contributed by atoms with Gasteiger partial charge < -0.3 is 0 Å². The topological polar surface area (TPSA) is 63.2 Å². The second-order valence-electron chi connectivity index (χ2n) is 4.99. The van der Waals surface area contributed by atoms with Crippen molar-refractivity contribution >= 4 is 21.6 Å². The van der Waals surface area contributed by atoms with Crippen molar-refractivity contribution in [1.82, 2.24) is 14.3 Å². The van der Waals surface area contributed by atoms with Gasteiger partial charge in [-0.15, -0.1) is 0 Å².